The van der Waals surface area contributed by atoms with Crippen molar-refractivity contribution in [2.45, 2.75) is 6.92 Å². The molecule has 2 N–H and O–H groups in total. The molecule has 0 aliphatic carbocycles. The normalized spacial score (nSPS) is 10.9. The summed E-state index contributed by atoms with van der Waals surface area (Å²) in [4.78, 5) is 21.5. The molecule has 0 radical (unpaired) electrons. The lowest BCUT2D eigenvalue weighted by molar-refractivity contribution is -0.131. The molecular formula is C13H13NO3. The van der Waals surface area contributed by atoms with Crippen LogP contribution in [0.4, 0.5) is 5.69 Å². The van der Waals surface area contributed by atoms with Gasteiger partial charge in [0.25, 0.3) is 0 Å². The molecular weight excluding hydrogens is 218 g/mol. The summed E-state index contributed by atoms with van der Waals surface area (Å²) < 4.78 is 0. The SMILES string of the molecule is CC=CC(=O)Nc1ccc(C=CC(=O)O)cc1. The molecule has 0 spiro atoms. The van der Waals surface area contributed by atoms with Gasteiger partial charge in [-0.25, -0.2) is 4.79 Å². The van der Waals surface area contributed by atoms with Crippen LogP contribution in [0, 0.1) is 0 Å². The molecule has 4 nitrogen and oxygen atoms in total. The number of anilines is 1. The average Bonchev–Trinajstić information content (AvgIpc) is 2.28. The Morgan fingerprint density at radius 2 is 1.82 bits per heavy atom. The zero-order valence-corrected chi connectivity index (χ0v) is 9.38. The number of hydrogen-bond donors (Lipinski definition) is 2. The van der Waals surface area contributed by atoms with E-state index in [1.54, 1.807) is 37.3 Å². The van der Waals surface area contributed by atoms with Crippen LogP contribution in [0.25, 0.3) is 6.08 Å². The van der Waals surface area contributed by atoms with Crippen LogP contribution in [-0.2, 0) is 9.59 Å². The Bertz CT molecular complexity index is 458. The van der Waals surface area contributed by atoms with E-state index in [9.17, 15) is 9.59 Å². The van der Waals surface area contributed by atoms with Crippen molar-refractivity contribution in [2.24, 2.45) is 0 Å². The van der Waals surface area contributed by atoms with E-state index in [-0.39, 0.29) is 5.91 Å². The van der Waals surface area contributed by atoms with Crippen molar-refractivity contribution in [3.63, 3.8) is 0 Å². The van der Waals surface area contributed by atoms with Crippen molar-refractivity contribution in [1.82, 2.24) is 0 Å². The highest BCUT2D eigenvalue weighted by Crippen LogP contribution is 2.10. The van der Waals surface area contributed by atoms with Gasteiger partial charge < -0.3 is 10.4 Å². The van der Waals surface area contributed by atoms with E-state index in [4.69, 9.17) is 5.11 Å². The highest BCUT2D eigenvalue weighted by molar-refractivity contribution is 5.99. The molecule has 1 aromatic carbocycles. The Morgan fingerprint density at radius 3 is 2.35 bits per heavy atom. The van der Waals surface area contributed by atoms with Gasteiger partial charge in [-0.2, -0.15) is 0 Å². The standard InChI is InChI=1S/C13H13NO3/c1-2-3-12(15)14-11-7-4-10(5-8-11)6-9-13(16)17/h2-9H,1H3,(H,14,15)(H,16,17). The van der Waals surface area contributed by atoms with Crippen LogP contribution in [-0.4, -0.2) is 17.0 Å². The molecule has 1 amide bonds. The third kappa shape index (κ3) is 4.79. The maximum absolute atomic E-state index is 11.2. The summed E-state index contributed by atoms with van der Waals surface area (Å²) in [6.45, 7) is 1.76. The summed E-state index contributed by atoms with van der Waals surface area (Å²) in [6.07, 6.45) is 5.63. The number of allylic oxidation sites excluding steroid dienone is 1. The first-order valence-electron chi connectivity index (χ1n) is 5.06. The van der Waals surface area contributed by atoms with E-state index in [0.29, 0.717) is 5.69 Å². The Balaban J connectivity index is 2.68. The predicted molar refractivity (Wildman–Crippen MR) is 66.6 cm³/mol. The smallest absolute Gasteiger partial charge is 0.328 e. The molecule has 1 aromatic rings. The summed E-state index contributed by atoms with van der Waals surface area (Å²) in [5.41, 5.74) is 1.43. The summed E-state index contributed by atoms with van der Waals surface area (Å²) in [5, 5.41) is 11.1. The monoisotopic (exact) mass is 231 g/mol. The molecule has 0 unspecified atom stereocenters. The van der Waals surface area contributed by atoms with Crippen molar-refractivity contribution in [3.8, 4) is 0 Å². The van der Waals surface area contributed by atoms with Gasteiger partial charge in [-0.05, 0) is 36.8 Å². The van der Waals surface area contributed by atoms with Crippen molar-refractivity contribution in [3.05, 3.63) is 48.1 Å². The molecule has 4 heteroatoms. The number of amides is 1. The van der Waals surface area contributed by atoms with Gasteiger partial charge in [0, 0.05) is 11.8 Å². The summed E-state index contributed by atoms with van der Waals surface area (Å²) in [6, 6.07) is 6.88. The highest BCUT2D eigenvalue weighted by atomic mass is 16.4. The molecule has 0 aromatic heterocycles. The van der Waals surface area contributed by atoms with Crippen LogP contribution in [0.3, 0.4) is 0 Å². The van der Waals surface area contributed by atoms with Gasteiger partial charge in [0.1, 0.15) is 0 Å². The van der Waals surface area contributed by atoms with Crippen LogP contribution in [0.2, 0.25) is 0 Å². The second-order valence-electron chi connectivity index (χ2n) is 3.28. The van der Waals surface area contributed by atoms with E-state index >= 15 is 0 Å². The van der Waals surface area contributed by atoms with Gasteiger partial charge >= 0.3 is 5.97 Å². The first kappa shape index (κ1) is 12.7. The molecule has 88 valence electrons. The lowest BCUT2D eigenvalue weighted by atomic mass is 10.2. The number of carboxylic acids is 1. The third-order valence-electron chi connectivity index (χ3n) is 1.91. The van der Waals surface area contributed by atoms with Crippen LogP contribution in [0.1, 0.15) is 12.5 Å². The second-order valence-corrected chi connectivity index (χ2v) is 3.28. The molecule has 0 saturated heterocycles. The second kappa shape index (κ2) is 6.27. The molecule has 0 atom stereocenters. The number of benzene rings is 1. The van der Waals surface area contributed by atoms with Crippen LogP contribution < -0.4 is 5.32 Å². The predicted octanol–water partition coefficient (Wildman–Crippen LogP) is 2.30. The van der Waals surface area contributed by atoms with E-state index < -0.39 is 5.97 Å². The van der Waals surface area contributed by atoms with Gasteiger partial charge in [0.2, 0.25) is 5.91 Å². The lowest BCUT2D eigenvalue weighted by Crippen LogP contribution is -2.07. The number of carbonyl (C=O) groups is 2. The fourth-order valence-electron chi connectivity index (χ4n) is 1.18. The number of nitrogens with one attached hydrogen (secondary N) is 1. The fraction of sp³-hybridized carbons (Fsp3) is 0.0769. The Morgan fingerprint density at radius 1 is 1.18 bits per heavy atom. The van der Waals surface area contributed by atoms with Crippen LogP contribution in [0.5, 0.6) is 0 Å². The van der Waals surface area contributed by atoms with Gasteiger partial charge in [0.15, 0.2) is 0 Å². The number of rotatable bonds is 4. The van der Waals surface area contributed by atoms with E-state index in [2.05, 4.69) is 5.32 Å². The molecule has 0 heterocycles. The lowest BCUT2D eigenvalue weighted by Gasteiger charge is -2.02. The Kier molecular flexibility index (Phi) is 4.69. The highest BCUT2D eigenvalue weighted by Gasteiger charge is 1.96. The zero-order valence-electron chi connectivity index (χ0n) is 9.38. The molecule has 0 fully saturated rings. The molecule has 0 aliphatic heterocycles. The summed E-state index contributed by atoms with van der Waals surface area (Å²) >= 11 is 0. The maximum atomic E-state index is 11.2. The van der Waals surface area contributed by atoms with Gasteiger partial charge in [0.05, 0.1) is 0 Å². The largest absolute Gasteiger partial charge is 0.478 e. The number of carboxylic acid groups (broad SMARTS) is 1. The third-order valence-corrected chi connectivity index (χ3v) is 1.91. The fourth-order valence-corrected chi connectivity index (χ4v) is 1.18. The van der Waals surface area contributed by atoms with Gasteiger partial charge in [-0.15, -0.1) is 0 Å². The molecule has 0 bridgehead atoms. The molecule has 1 rings (SSSR count). The zero-order chi connectivity index (χ0) is 12.7. The molecule has 17 heavy (non-hydrogen) atoms. The van der Waals surface area contributed by atoms with Crippen molar-refractivity contribution in [2.75, 3.05) is 5.32 Å². The Hall–Kier alpha value is -2.36. The van der Waals surface area contributed by atoms with Gasteiger partial charge in [-0.1, -0.05) is 18.2 Å². The molecule has 0 aliphatic rings. The quantitative estimate of drug-likeness (QED) is 0.781. The van der Waals surface area contributed by atoms with E-state index in [0.717, 1.165) is 11.6 Å². The van der Waals surface area contributed by atoms with Crippen LogP contribution >= 0.6 is 0 Å². The summed E-state index contributed by atoms with van der Waals surface area (Å²) in [5.74, 6) is -1.18. The van der Waals surface area contributed by atoms with Crippen molar-refractivity contribution in [1.29, 1.82) is 0 Å². The van der Waals surface area contributed by atoms with Crippen LogP contribution in [0.15, 0.2) is 42.5 Å². The van der Waals surface area contributed by atoms with Crippen molar-refractivity contribution >= 4 is 23.6 Å². The first-order valence-corrected chi connectivity index (χ1v) is 5.06. The number of aliphatic carboxylic acids is 1. The topological polar surface area (TPSA) is 66.4 Å². The first-order chi connectivity index (χ1) is 8.11. The van der Waals surface area contributed by atoms with E-state index in [1.165, 1.54) is 12.2 Å². The Labute approximate surface area is 99.3 Å². The van der Waals surface area contributed by atoms with Crippen molar-refractivity contribution < 1.29 is 14.7 Å². The number of carbonyl (C=O) groups excluding carboxylic acids is 1. The minimum atomic E-state index is -0.990. The van der Waals surface area contributed by atoms with E-state index in [1.807, 2.05) is 0 Å². The number of hydrogen-bond acceptors (Lipinski definition) is 2. The molecule has 0 saturated carbocycles. The minimum absolute atomic E-state index is 0.193. The summed E-state index contributed by atoms with van der Waals surface area (Å²) in [7, 11) is 0. The average molecular weight is 231 g/mol. The minimum Gasteiger partial charge on any atom is -0.478 e. The maximum Gasteiger partial charge on any atom is 0.328 e. The van der Waals surface area contributed by atoms with Gasteiger partial charge in [-0.3, -0.25) is 4.79 Å².